The van der Waals surface area contributed by atoms with Crippen molar-refractivity contribution in [1.29, 1.82) is 0 Å². The number of fused-ring (bicyclic) bond motifs is 15. The quantitative estimate of drug-likeness (QED) is 0.186. The highest BCUT2D eigenvalue weighted by molar-refractivity contribution is 6.27. The number of imidazole rings is 1. The molecule has 5 aromatic carbocycles. The topological polar surface area (TPSA) is 52.9 Å². The molecule has 6 heterocycles. The lowest BCUT2D eigenvalue weighted by Crippen LogP contribution is -1.98. The van der Waals surface area contributed by atoms with E-state index in [0.29, 0.717) is 0 Å². The summed E-state index contributed by atoms with van der Waals surface area (Å²) in [4.78, 5) is 14.3. The van der Waals surface area contributed by atoms with Gasteiger partial charge >= 0.3 is 0 Å². The zero-order chi connectivity index (χ0) is 30.6. The number of nitrogens with zero attached hydrogens (tertiary/aromatic N) is 6. The summed E-state index contributed by atoms with van der Waals surface area (Å²) in [6.07, 6.45) is 5.64. The van der Waals surface area contributed by atoms with Gasteiger partial charge < -0.3 is 9.13 Å². The van der Waals surface area contributed by atoms with Gasteiger partial charge in [-0.05, 0) is 66.0 Å². The number of para-hydroxylation sites is 3. The minimum atomic E-state index is 0.735. The zero-order valence-corrected chi connectivity index (χ0v) is 25.0. The maximum atomic E-state index is 5.10. The fourth-order valence-corrected chi connectivity index (χ4v) is 7.82. The van der Waals surface area contributed by atoms with E-state index in [1.54, 1.807) is 0 Å². The average molecular weight is 601 g/mol. The van der Waals surface area contributed by atoms with Crippen molar-refractivity contribution >= 4 is 82.1 Å². The highest BCUT2D eigenvalue weighted by Gasteiger charge is 2.23. The molecule has 0 bridgehead atoms. The Morgan fingerprint density at radius 2 is 1.11 bits per heavy atom. The van der Waals surface area contributed by atoms with Crippen LogP contribution in [0.5, 0.6) is 0 Å². The molecule has 0 saturated heterocycles. The lowest BCUT2D eigenvalue weighted by molar-refractivity contribution is 1.15. The normalized spacial score (nSPS) is 12.3. The maximum absolute atomic E-state index is 5.10. The third-order valence-corrected chi connectivity index (χ3v) is 9.73. The molecule has 11 rings (SSSR count). The molecule has 0 aliphatic carbocycles. The summed E-state index contributed by atoms with van der Waals surface area (Å²) >= 11 is 0. The van der Waals surface area contributed by atoms with Gasteiger partial charge in [-0.2, -0.15) is 0 Å². The van der Waals surface area contributed by atoms with Gasteiger partial charge in [0.05, 0.1) is 33.1 Å². The summed E-state index contributed by atoms with van der Waals surface area (Å²) in [6.45, 7) is 0. The molecule has 6 aromatic heterocycles. The van der Waals surface area contributed by atoms with E-state index in [9.17, 15) is 0 Å². The SMILES string of the molecule is c1ccc(-n2c3ccccc3c3ccc4c5cc6c(cc5n(-c5ccccc5)c4c32)c2cnccc2n2c3cccnc3nc62)cc1. The van der Waals surface area contributed by atoms with Gasteiger partial charge in [-0.1, -0.05) is 66.7 Å². The van der Waals surface area contributed by atoms with Crippen LogP contribution in [0.1, 0.15) is 0 Å². The fraction of sp³-hybridized carbons (Fsp3) is 0. The van der Waals surface area contributed by atoms with Crippen LogP contribution in [0.15, 0.2) is 146 Å². The van der Waals surface area contributed by atoms with E-state index in [-0.39, 0.29) is 0 Å². The molecule has 0 radical (unpaired) electrons. The number of benzene rings is 5. The second kappa shape index (κ2) is 9.02. The minimum absolute atomic E-state index is 0.735. The number of aromatic nitrogens is 6. The van der Waals surface area contributed by atoms with Crippen LogP contribution in [0.2, 0.25) is 0 Å². The largest absolute Gasteiger partial charge is 0.307 e. The van der Waals surface area contributed by atoms with Crippen LogP contribution in [0.3, 0.4) is 0 Å². The van der Waals surface area contributed by atoms with E-state index in [1.165, 1.54) is 38.1 Å². The van der Waals surface area contributed by atoms with E-state index in [0.717, 1.165) is 55.4 Å². The number of pyridine rings is 3. The number of hydrogen-bond donors (Lipinski definition) is 0. The van der Waals surface area contributed by atoms with Crippen molar-refractivity contribution in [3.63, 3.8) is 0 Å². The second-order valence-corrected chi connectivity index (χ2v) is 12.1. The van der Waals surface area contributed by atoms with Crippen molar-refractivity contribution in [3.8, 4) is 11.4 Å². The molecule has 6 nitrogen and oxygen atoms in total. The molecule has 0 saturated carbocycles. The molecule has 0 amide bonds. The van der Waals surface area contributed by atoms with E-state index < -0.39 is 0 Å². The summed E-state index contributed by atoms with van der Waals surface area (Å²) in [5.74, 6) is 0. The molecular weight excluding hydrogens is 576 g/mol. The molecule has 0 fully saturated rings. The highest BCUT2D eigenvalue weighted by Crippen LogP contribution is 2.44. The smallest absolute Gasteiger partial charge is 0.178 e. The van der Waals surface area contributed by atoms with Crippen molar-refractivity contribution in [2.24, 2.45) is 0 Å². The Balaban J connectivity index is 1.42. The van der Waals surface area contributed by atoms with Crippen molar-refractivity contribution < 1.29 is 0 Å². The van der Waals surface area contributed by atoms with Crippen molar-refractivity contribution in [1.82, 2.24) is 28.5 Å². The van der Waals surface area contributed by atoms with Crippen molar-refractivity contribution in [2.45, 2.75) is 0 Å². The summed E-state index contributed by atoms with van der Waals surface area (Å²) in [7, 11) is 0. The first kappa shape index (κ1) is 24.8. The standard InChI is InChI=1S/C41H24N6/c1-3-10-25(11-4-1)45-34-15-8-7-14-27(34)28-17-18-29-31-22-32-30(23-37(31)46(39(29)38(28)45)26-12-5-2-6-13-26)33-24-42-21-19-35(33)47-36-16-9-20-43-40(36)44-41(32)47/h1-24H. The molecular formula is C41H24N6. The molecule has 11 aromatic rings. The molecule has 47 heavy (non-hydrogen) atoms. The summed E-state index contributed by atoms with van der Waals surface area (Å²) < 4.78 is 7.10. The Morgan fingerprint density at radius 3 is 1.89 bits per heavy atom. The Morgan fingerprint density at radius 1 is 0.426 bits per heavy atom. The fourth-order valence-electron chi connectivity index (χ4n) is 7.82. The van der Waals surface area contributed by atoms with Gasteiger partial charge in [-0.3, -0.25) is 9.38 Å². The maximum Gasteiger partial charge on any atom is 0.178 e. The van der Waals surface area contributed by atoms with Crippen molar-refractivity contribution in [2.75, 3.05) is 0 Å². The van der Waals surface area contributed by atoms with E-state index >= 15 is 0 Å². The van der Waals surface area contributed by atoms with E-state index in [2.05, 4.69) is 145 Å². The molecule has 0 atom stereocenters. The first-order valence-corrected chi connectivity index (χ1v) is 15.8. The Bertz CT molecular complexity index is 3060. The van der Waals surface area contributed by atoms with Crippen LogP contribution in [0.4, 0.5) is 0 Å². The lowest BCUT2D eigenvalue weighted by atomic mass is 10.0. The first-order valence-electron chi connectivity index (χ1n) is 15.8. The van der Waals surface area contributed by atoms with Gasteiger partial charge in [0.1, 0.15) is 5.65 Å². The third-order valence-electron chi connectivity index (χ3n) is 9.73. The third kappa shape index (κ3) is 3.21. The molecule has 6 heteroatoms. The van der Waals surface area contributed by atoms with Gasteiger partial charge in [-0.25, -0.2) is 9.97 Å². The number of hydrogen-bond acceptors (Lipinski definition) is 3. The van der Waals surface area contributed by atoms with Crippen LogP contribution < -0.4 is 0 Å². The van der Waals surface area contributed by atoms with E-state index in [1.807, 2.05) is 24.7 Å². The van der Waals surface area contributed by atoms with Crippen LogP contribution in [0.25, 0.3) is 93.5 Å². The van der Waals surface area contributed by atoms with Crippen LogP contribution in [-0.2, 0) is 0 Å². The molecule has 0 unspecified atom stereocenters. The lowest BCUT2D eigenvalue weighted by Gasteiger charge is -2.13. The first-order chi connectivity index (χ1) is 23.3. The summed E-state index contributed by atoms with van der Waals surface area (Å²) in [6, 6.07) is 45.6. The summed E-state index contributed by atoms with van der Waals surface area (Å²) in [5.41, 5.74) is 10.6. The minimum Gasteiger partial charge on any atom is -0.307 e. The van der Waals surface area contributed by atoms with Crippen molar-refractivity contribution in [3.05, 3.63) is 146 Å². The Kier molecular flexibility index (Phi) is 4.75. The molecule has 0 aliphatic heterocycles. The van der Waals surface area contributed by atoms with Gasteiger partial charge in [0.2, 0.25) is 0 Å². The van der Waals surface area contributed by atoms with Gasteiger partial charge in [0, 0.05) is 62.3 Å². The predicted molar refractivity (Wildman–Crippen MR) is 192 cm³/mol. The molecule has 0 aliphatic rings. The molecule has 0 N–H and O–H groups in total. The van der Waals surface area contributed by atoms with Crippen LogP contribution in [-0.4, -0.2) is 28.5 Å². The van der Waals surface area contributed by atoms with Crippen LogP contribution in [0, 0.1) is 0 Å². The Labute approximate surface area is 267 Å². The van der Waals surface area contributed by atoms with Gasteiger partial charge in [0.25, 0.3) is 0 Å². The van der Waals surface area contributed by atoms with Crippen LogP contribution >= 0.6 is 0 Å². The van der Waals surface area contributed by atoms with Gasteiger partial charge in [0.15, 0.2) is 5.65 Å². The predicted octanol–water partition coefficient (Wildman–Crippen LogP) is 9.78. The Hall–Kier alpha value is -6.53. The van der Waals surface area contributed by atoms with E-state index in [4.69, 9.17) is 4.98 Å². The average Bonchev–Trinajstić information content (AvgIpc) is 3.80. The number of rotatable bonds is 2. The zero-order valence-electron chi connectivity index (χ0n) is 25.0. The molecule has 218 valence electrons. The highest BCUT2D eigenvalue weighted by atomic mass is 15.1. The molecule has 0 spiro atoms. The summed E-state index contributed by atoms with van der Waals surface area (Å²) in [5, 5.41) is 8.09. The monoisotopic (exact) mass is 600 g/mol. The second-order valence-electron chi connectivity index (χ2n) is 12.1. The van der Waals surface area contributed by atoms with Gasteiger partial charge in [-0.15, -0.1) is 0 Å².